The highest BCUT2D eigenvalue weighted by Gasteiger charge is 2.12. The van der Waals surface area contributed by atoms with Crippen LogP contribution < -0.4 is 10.5 Å². The van der Waals surface area contributed by atoms with Crippen LogP contribution in [0.4, 0.5) is 10.3 Å². The van der Waals surface area contributed by atoms with Gasteiger partial charge in [0, 0.05) is 5.56 Å². The lowest BCUT2D eigenvalue weighted by Gasteiger charge is -2.06. The van der Waals surface area contributed by atoms with Crippen molar-refractivity contribution < 1.29 is 19.0 Å². The fraction of sp³-hybridized carbons (Fsp3) is 0.0833. The lowest BCUT2D eigenvalue weighted by Crippen LogP contribution is -2.06. The standard InChI is InChI=1S/C12H10FN3O3/c1-19-10-3-2-6(4-7(10)13)8-5-9(11(17)18)16-12(14)15-8/h2-5H,1H3,(H,17,18)(H2,14,15,16). The topological polar surface area (TPSA) is 98.3 Å². The number of rotatable bonds is 3. The molecule has 0 aliphatic rings. The average Bonchev–Trinajstić information content (AvgIpc) is 2.37. The van der Waals surface area contributed by atoms with E-state index in [1.165, 1.54) is 25.3 Å². The number of anilines is 1. The molecule has 0 fully saturated rings. The molecule has 6 nitrogen and oxygen atoms in total. The number of nitrogen functional groups attached to an aromatic ring is 1. The van der Waals surface area contributed by atoms with E-state index >= 15 is 0 Å². The number of aromatic carboxylic acids is 1. The average molecular weight is 263 g/mol. The highest BCUT2D eigenvalue weighted by molar-refractivity contribution is 5.87. The number of hydrogen-bond acceptors (Lipinski definition) is 5. The third-order valence-corrected chi connectivity index (χ3v) is 2.41. The third-order valence-electron chi connectivity index (χ3n) is 2.41. The molecule has 0 saturated heterocycles. The summed E-state index contributed by atoms with van der Waals surface area (Å²) >= 11 is 0. The quantitative estimate of drug-likeness (QED) is 0.872. The molecule has 1 heterocycles. The van der Waals surface area contributed by atoms with Crippen molar-refractivity contribution in [1.82, 2.24) is 9.97 Å². The van der Waals surface area contributed by atoms with Crippen LogP contribution >= 0.6 is 0 Å². The smallest absolute Gasteiger partial charge is 0.354 e. The van der Waals surface area contributed by atoms with E-state index < -0.39 is 11.8 Å². The van der Waals surface area contributed by atoms with Gasteiger partial charge in [0.1, 0.15) is 0 Å². The van der Waals surface area contributed by atoms with Gasteiger partial charge in [-0.2, -0.15) is 0 Å². The normalized spacial score (nSPS) is 10.2. The molecule has 1 aromatic heterocycles. The first-order valence-electron chi connectivity index (χ1n) is 5.23. The number of benzene rings is 1. The first kappa shape index (κ1) is 12.7. The van der Waals surface area contributed by atoms with Crippen LogP contribution in [0.5, 0.6) is 5.75 Å². The molecule has 0 amide bonds. The van der Waals surface area contributed by atoms with Crippen LogP contribution in [0.1, 0.15) is 10.5 Å². The van der Waals surface area contributed by atoms with Crippen LogP contribution in [0.2, 0.25) is 0 Å². The molecule has 0 saturated carbocycles. The summed E-state index contributed by atoms with van der Waals surface area (Å²) < 4.78 is 18.4. The summed E-state index contributed by atoms with van der Waals surface area (Å²) in [5.41, 5.74) is 5.79. The second-order valence-corrected chi connectivity index (χ2v) is 3.65. The van der Waals surface area contributed by atoms with Gasteiger partial charge in [0.2, 0.25) is 5.95 Å². The SMILES string of the molecule is COc1ccc(-c2cc(C(=O)O)nc(N)n2)cc1F. The van der Waals surface area contributed by atoms with Crippen LogP contribution in [0.25, 0.3) is 11.3 Å². The number of carboxylic acids is 1. The van der Waals surface area contributed by atoms with Gasteiger partial charge in [0.15, 0.2) is 17.3 Å². The number of aromatic nitrogens is 2. The number of methoxy groups -OCH3 is 1. The van der Waals surface area contributed by atoms with Crippen molar-refractivity contribution >= 4 is 11.9 Å². The molecular formula is C12H10FN3O3. The first-order chi connectivity index (χ1) is 9.01. The zero-order valence-corrected chi connectivity index (χ0v) is 9.92. The van der Waals surface area contributed by atoms with Crippen molar-refractivity contribution in [2.75, 3.05) is 12.8 Å². The van der Waals surface area contributed by atoms with Gasteiger partial charge < -0.3 is 15.6 Å². The van der Waals surface area contributed by atoms with Crippen molar-refractivity contribution in [2.45, 2.75) is 0 Å². The Labute approximate surface area is 107 Å². The Bertz CT molecular complexity index is 646. The van der Waals surface area contributed by atoms with Crippen molar-refractivity contribution in [1.29, 1.82) is 0 Å². The molecule has 98 valence electrons. The lowest BCUT2D eigenvalue weighted by molar-refractivity contribution is 0.0690. The largest absolute Gasteiger partial charge is 0.494 e. The predicted molar refractivity (Wildman–Crippen MR) is 65.3 cm³/mol. The van der Waals surface area contributed by atoms with E-state index in [4.69, 9.17) is 15.6 Å². The summed E-state index contributed by atoms with van der Waals surface area (Å²) in [5.74, 6) is -1.91. The van der Waals surface area contributed by atoms with Gasteiger partial charge in [-0.15, -0.1) is 0 Å². The van der Waals surface area contributed by atoms with Gasteiger partial charge in [-0.1, -0.05) is 0 Å². The zero-order valence-electron chi connectivity index (χ0n) is 9.92. The fourth-order valence-electron chi connectivity index (χ4n) is 1.55. The van der Waals surface area contributed by atoms with Crippen molar-refractivity contribution in [2.24, 2.45) is 0 Å². The Hall–Kier alpha value is -2.70. The maximum Gasteiger partial charge on any atom is 0.354 e. The second kappa shape index (κ2) is 4.89. The predicted octanol–water partition coefficient (Wildman–Crippen LogP) is 1.57. The number of hydrogen-bond donors (Lipinski definition) is 2. The summed E-state index contributed by atoms with van der Waals surface area (Å²) in [6.45, 7) is 0. The number of carboxylic acid groups (broad SMARTS) is 1. The van der Waals surface area contributed by atoms with Gasteiger partial charge in [-0.05, 0) is 24.3 Å². The number of nitrogens with zero attached hydrogens (tertiary/aromatic N) is 2. The zero-order chi connectivity index (χ0) is 14.0. The number of nitrogens with two attached hydrogens (primary N) is 1. The van der Waals surface area contributed by atoms with Crippen LogP contribution in [-0.2, 0) is 0 Å². The molecule has 0 spiro atoms. The Morgan fingerprint density at radius 1 is 1.37 bits per heavy atom. The highest BCUT2D eigenvalue weighted by Crippen LogP contribution is 2.25. The number of carbonyl (C=O) groups is 1. The van der Waals surface area contributed by atoms with Gasteiger partial charge in [-0.25, -0.2) is 19.2 Å². The van der Waals surface area contributed by atoms with Gasteiger partial charge >= 0.3 is 5.97 Å². The van der Waals surface area contributed by atoms with E-state index in [-0.39, 0.29) is 23.1 Å². The molecule has 0 radical (unpaired) electrons. The molecule has 0 atom stereocenters. The Morgan fingerprint density at radius 3 is 2.68 bits per heavy atom. The van der Waals surface area contributed by atoms with Gasteiger partial charge in [0.05, 0.1) is 12.8 Å². The first-order valence-corrected chi connectivity index (χ1v) is 5.23. The van der Waals surface area contributed by atoms with Crippen molar-refractivity contribution in [3.8, 4) is 17.0 Å². The Balaban J connectivity index is 2.52. The summed E-state index contributed by atoms with van der Waals surface area (Å²) in [7, 11) is 1.35. The third kappa shape index (κ3) is 2.59. The van der Waals surface area contributed by atoms with E-state index in [0.717, 1.165) is 0 Å². The van der Waals surface area contributed by atoms with E-state index in [2.05, 4.69) is 9.97 Å². The van der Waals surface area contributed by atoms with Crippen LogP contribution in [0, 0.1) is 5.82 Å². The van der Waals surface area contributed by atoms with Crippen molar-refractivity contribution in [3.05, 3.63) is 35.8 Å². The number of ether oxygens (including phenoxy) is 1. The summed E-state index contributed by atoms with van der Waals surface area (Å²) in [6, 6.07) is 5.38. The maximum atomic E-state index is 13.6. The minimum absolute atomic E-state index is 0.0873. The minimum atomic E-state index is -1.23. The van der Waals surface area contributed by atoms with Crippen LogP contribution in [-0.4, -0.2) is 28.2 Å². The maximum absolute atomic E-state index is 13.6. The summed E-state index contributed by atoms with van der Waals surface area (Å²) in [5, 5.41) is 8.88. The monoisotopic (exact) mass is 263 g/mol. The van der Waals surface area contributed by atoms with E-state index in [9.17, 15) is 9.18 Å². The molecule has 19 heavy (non-hydrogen) atoms. The Kier molecular flexibility index (Phi) is 3.28. The van der Waals surface area contributed by atoms with Gasteiger partial charge in [0.25, 0.3) is 0 Å². The lowest BCUT2D eigenvalue weighted by atomic mass is 10.1. The van der Waals surface area contributed by atoms with E-state index in [1.54, 1.807) is 6.07 Å². The van der Waals surface area contributed by atoms with Gasteiger partial charge in [-0.3, -0.25) is 0 Å². The van der Waals surface area contributed by atoms with E-state index in [0.29, 0.717) is 5.56 Å². The van der Waals surface area contributed by atoms with Crippen LogP contribution in [0.3, 0.4) is 0 Å². The molecule has 0 unspecified atom stereocenters. The summed E-state index contributed by atoms with van der Waals surface area (Å²) in [4.78, 5) is 18.3. The summed E-state index contributed by atoms with van der Waals surface area (Å²) in [6.07, 6.45) is 0. The molecule has 0 aliphatic heterocycles. The van der Waals surface area contributed by atoms with Crippen molar-refractivity contribution in [3.63, 3.8) is 0 Å². The molecular weight excluding hydrogens is 253 g/mol. The molecule has 0 bridgehead atoms. The Morgan fingerprint density at radius 2 is 2.11 bits per heavy atom. The second-order valence-electron chi connectivity index (χ2n) is 3.65. The molecule has 2 aromatic rings. The molecule has 2 rings (SSSR count). The number of halogens is 1. The highest BCUT2D eigenvalue weighted by atomic mass is 19.1. The minimum Gasteiger partial charge on any atom is -0.494 e. The molecule has 0 aliphatic carbocycles. The van der Waals surface area contributed by atoms with E-state index in [1.807, 2.05) is 0 Å². The molecule has 7 heteroatoms. The fourth-order valence-corrected chi connectivity index (χ4v) is 1.55. The van der Waals surface area contributed by atoms with Crippen LogP contribution in [0.15, 0.2) is 24.3 Å². The molecule has 3 N–H and O–H groups in total. The molecule has 1 aromatic carbocycles.